The Bertz CT molecular complexity index is 1310. The summed E-state index contributed by atoms with van der Waals surface area (Å²) < 4.78 is 40.0. The molecule has 0 saturated carbocycles. The third-order valence-electron chi connectivity index (χ3n) is 5.05. The Morgan fingerprint density at radius 1 is 1.06 bits per heavy atom. The molecule has 4 rings (SSSR count). The Labute approximate surface area is 198 Å². The monoisotopic (exact) mass is 482 g/mol. The fourth-order valence-electron chi connectivity index (χ4n) is 3.29. The van der Waals surface area contributed by atoms with Crippen molar-refractivity contribution in [2.45, 2.75) is 24.8 Å². The summed E-state index contributed by atoms with van der Waals surface area (Å²) >= 11 is 1.30. The van der Waals surface area contributed by atoms with Crippen molar-refractivity contribution in [1.82, 2.24) is 15.0 Å². The first-order chi connectivity index (χ1) is 16.3. The molecule has 1 N–H and O–H groups in total. The van der Waals surface area contributed by atoms with Crippen LogP contribution >= 0.6 is 11.8 Å². The van der Waals surface area contributed by atoms with Gasteiger partial charge in [0, 0.05) is 0 Å². The van der Waals surface area contributed by atoms with E-state index in [-0.39, 0.29) is 11.7 Å². The molecule has 1 aromatic heterocycles. The van der Waals surface area contributed by atoms with Gasteiger partial charge in [-0.3, -0.25) is 4.79 Å². The highest BCUT2D eigenvalue weighted by molar-refractivity contribution is 7.99. The smallest absolute Gasteiger partial charge is 0.314 e. The topological polar surface area (TPSA) is 59.3 Å². The number of thioether (sulfide) groups is 1. The van der Waals surface area contributed by atoms with Crippen LogP contribution in [0.25, 0.3) is 11.0 Å². The summed E-state index contributed by atoms with van der Waals surface area (Å²) in [7, 11) is 0. The molecule has 0 atom stereocenters. The van der Waals surface area contributed by atoms with E-state index in [0.717, 1.165) is 28.7 Å². The van der Waals surface area contributed by atoms with Gasteiger partial charge in [0.1, 0.15) is 0 Å². The van der Waals surface area contributed by atoms with E-state index in [0.29, 0.717) is 17.3 Å². The standard InChI is InChI=1S/C25H21F3N4OS/c1-17-6-8-19(9-7-17)15-32-22-5-3-2-4-21(22)30-24(32)34-16-23(33)31-29-14-18-10-12-20(13-11-18)25(26,27)28/h2-14H,15-16H2,1H3,(H,31,33). The van der Waals surface area contributed by atoms with Crippen LogP contribution in [0.15, 0.2) is 83.1 Å². The maximum Gasteiger partial charge on any atom is 0.416 e. The number of nitrogens with zero attached hydrogens (tertiary/aromatic N) is 3. The van der Waals surface area contributed by atoms with Crippen LogP contribution in [0.5, 0.6) is 0 Å². The lowest BCUT2D eigenvalue weighted by Gasteiger charge is -2.09. The van der Waals surface area contributed by atoms with Gasteiger partial charge in [0.05, 0.1) is 35.1 Å². The van der Waals surface area contributed by atoms with Gasteiger partial charge in [-0.25, -0.2) is 10.4 Å². The van der Waals surface area contributed by atoms with E-state index in [1.165, 1.54) is 35.7 Å². The molecular weight excluding hydrogens is 461 g/mol. The number of hydrogen-bond acceptors (Lipinski definition) is 4. The minimum absolute atomic E-state index is 0.0849. The number of nitrogens with one attached hydrogen (secondary N) is 1. The van der Waals surface area contributed by atoms with Crippen molar-refractivity contribution in [1.29, 1.82) is 0 Å². The van der Waals surface area contributed by atoms with Gasteiger partial charge in [0.25, 0.3) is 5.91 Å². The van der Waals surface area contributed by atoms with Crippen molar-refractivity contribution in [2.75, 3.05) is 5.75 Å². The molecule has 5 nitrogen and oxygen atoms in total. The summed E-state index contributed by atoms with van der Waals surface area (Å²) in [6.07, 6.45) is -3.09. The molecular formula is C25H21F3N4OS. The van der Waals surface area contributed by atoms with Crippen molar-refractivity contribution < 1.29 is 18.0 Å². The van der Waals surface area contributed by atoms with Crippen LogP contribution in [0, 0.1) is 6.92 Å². The summed E-state index contributed by atoms with van der Waals surface area (Å²) in [5, 5.41) is 4.55. The van der Waals surface area contributed by atoms with Gasteiger partial charge in [-0.15, -0.1) is 0 Å². The van der Waals surface area contributed by atoms with Crippen LogP contribution in [-0.4, -0.2) is 27.4 Å². The summed E-state index contributed by atoms with van der Waals surface area (Å²) in [5.41, 5.74) is 6.25. The Morgan fingerprint density at radius 3 is 2.47 bits per heavy atom. The van der Waals surface area contributed by atoms with Gasteiger partial charge in [-0.2, -0.15) is 18.3 Å². The van der Waals surface area contributed by atoms with Crippen molar-refractivity contribution in [2.24, 2.45) is 5.10 Å². The van der Waals surface area contributed by atoms with Crippen molar-refractivity contribution in [3.63, 3.8) is 0 Å². The molecule has 0 aliphatic heterocycles. The molecule has 0 fully saturated rings. The second kappa shape index (κ2) is 10.1. The quantitative estimate of drug-likeness (QED) is 0.210. The number of amides is 1. The van der Waals surface area contributed by atoms with E-state index in [2.05, 4.69) is 44.3 Å². The van der Waals surface area contributed by atoms with E-state index in [1.54, 1.807) is 0 Å². The van der Waals surface area contributed by atoms with Crippen LogP contribution in [0.1, 0.15) is 22.3 Å². The molecule has 4 aromatic rings. The Morgan fingerprint density at radius 2 is 1.76 bits per heavy atom. The number of aryl methyl sites for hydroxylation is 1. The van der Waals surface area contributed by atoms with E-state index >= 15 is 0 Å². The highest BCUT2D eigenvalue weighted by Gasteiger charge is 2.29. The largest absolute Gasteiger partial charge is 0.416 e. The lowest BCUT2D eigenvalue weighted by atomic mass is 10.1. The highest BCUT2D eigenvalue weighted by Crippen LogP contribution is 2.29. The van der Waals surface area contributed by atoms with E-state index in [4.69, 9.17) is 0 Å². The number of halogens is 3. The van der Waals surface area contributed by atoms with E-state index in [1.807, 2.05) is 31.2 Å². The first-order valence-corrected chi connectivity index (χ1v) is 11.4. The zero-order chi connectivity index (χ0) is 24.1. The van der Waals surface area contributed by atoms with E-state index in [9.17, 15) is 18.0 Å². The number of carbonyl (C=O) groups excluding carboxylic acids is 1. The number of alkyl halides is 3. The fraction of sp³-hybridized carbons (Fsp3) is 0.160. The first-order valence-electron chi connectivity index (χ1n) is 10.4. The maximum atomic E-state index is 12.6. The van der Waals surface area contributed by atoms with Gasteiger partial charge in [0.2, 0.25) is 0 Å². The molecule has 9 heteroatoms. The zero-order valence-electron chi connectivity index (χ0n) is 18.2. The van der Waals surface area contributed by atoms with Gasteiger partial charge in [-0.1, -0.05) is 65.9 Å². The molecule has 0 aliphatic rings. The molecule has 3 aromatic carbocycles. The third kappa shape index (κ3) is 5.85. The number of benzene rings is 3. The number of hydrazone groups is 1. The zero-order valence-corrected chi connectivity index (χ0v) is 19.0. The van der Waals surface area contributed by atoms with Gasteiger partial charge < -0.3 is 4.57 Å². The lowest BCUT2D eigenvalue weighted by molar-refractivity contribution is -0.137. The van der Waals surface area contributed by atoms with Crippen LogP contribution in [0.4, 0.5) is 13.2 Å². The number of fused-ring (bicyclic) bond motifs is 1. The minimum Gasteiger partial charge on any atom is -0.314 e. The second-order valence-corrected chi connectivity index (χ2v) is 8.60. The first kappa shape index (κ1) is 23.6. The second-order valence-electron chi connectivity index (χ2n) is 7.66. The summed E-state index contributed by atoms with van der Waals surface area (Å²) in [6.45, 7) is 2.66. The molecule has 0 unspecified atom stereocenters. The molecule has 0 aliphatic carbocycles. The van der Waals surface area contributed by atoms with Crippen molar-refractivity contribution in [3.05, 3.63) is 95.1 Å². The Hall–Kier alpha value is -3.59. The average molecular weight is 483 g/mol. The molecule has 1 amide bonds. The van der Waals surface area contributed by atoms with Crippen LogP contribution in [0.2, 0.25) is 0 Å². The molecule has 0 bridgehead atoms. The minimum atomic E-state index is -4.39. The predicted octanol–water partition coefficient (Wildman–Crippen LogP) is 5.65. The molecule has 34 heavy (non-hydrogen) atoms. The SMILES string of the molecule is Cc1ccc(Cn2c(SCC(=O)NN=Cc3ccc(C(F)(F)F)cc3)nc3ccccc32)cc1. The third-order valence-corrected chi connectivity index (χ3v) is 6.03. The molecule has 1 heterocycles. The number of para-hydroxylation sites is 2. The maximum absolute atomic E-state index is 12.6. The Kier molecular flexibility index (Phi) is 7.02. The summed E-state index contributed by atoms with van der Waals surface area (Å²) in [5.74, 6) is -0.260. The summed E-state index contributed by atoms with van der Waals surface area (Å²) in [4.78, 5) is 17.0. The van der Waals surface area contributed by atoms with Crippen molar-refractivity contribution in [3.8, 4) is 0 Å². The Balaban J connectivity index is 1.40. The number of rotatable bonds is 7. The number of imidazole rings is 1. The summed E-state index contributed by atoms with van der Waals surface area (Å²) in [6, 6.07) is 20.6. The van der Waals surface area contributed by atoms with Crippen molar-refractivity contribution >= 4 is 34.9 Å². The van der Waals surface area contributed by atoms with Gasteiger partial charge >= 0.3 is 6.18 Å². The lowest BCUT2D eigenvalue weighted by Crippen LogP contribution is -2.20. The van der Waals surface area contributed by atoms with Gasteiger partial charge in [0.15, 0.2) is 5.16 Å². The van der Waals surface area contributed by atoms with E-state index < -0.39 is 11.7 Å². The van der Waals surface area contributed by atoms with Crippen LogP contribution in [0.3, 0.4) is 0 Å². The normalized spacial score (nSPS) is 11.9. The molecule has 0 radical (unpaired) electrons. The number of aromatic nitrogens is 2. The highest BCUT2D eigenvalue weighted by atomic mass is 32.2. The number of hydrogen-bond donors (Lipinski definition) is 1. The molecule has 174 valence electrons. The molecule has 0 spiro atoms. The van der Waals surface area contributed by atoms with Gasteiger partial charge in [-0.05, 0) is 42.3 Å². The number of carbonyl (C=O) groups is 1. The van der Waals surface area contributed by atoms with Crippen LogP contribution in [-0.2, 0) is 17.5 Å². The predicted molar refractivity (Wildman–Crippen MR) is 128 cm³/mol. The average Bonchev–Trinajstić information content (AvgIpc) is 3.16. The molecule has 0 saturated heterocycles. The van der Waals surface area contributed by atoms with Crippen LogP contribution < -0.4 is 5.43 Å². The fourth-order valence-corrected chi connectivity index (χ4v) is 4.10.